The topological polar surface area (TPSA) is 109 Å². The predicted molar refractivity (Wildman–Crippen MR) is 151 cm³/mol. The molecule has 244 valence electrons. The molecule has 2 spiro atoms. The number of fused-ring (bicyclic) bond motifs is 4. The number of carbonyl (C=O) groups excluding carboxylic acids is 1. The molecule has 11 heteroatoms. The molecule has 0 aromatic carbocycles. The molecule has 44 heavy (non-hydrogen) atoms. The third-order valence-electron chi connectivity index (χ3n) is 12.2. The van der Waals surface area contributed by atoms with Gasteiger partial charge in [-0.3, -0.25) is 4.79 Å². The van der Waals surface area contributed by atoms with E-state index in [0.717, 1.165) is 49.7 Å². The number of hydrogen-bond acceptors (Lipinski definition) is 11. The minimum absolute atomic E-state index is 0.0715. The molecule has 10 rings (SSSR count). The number of ether oxygens (including phenoxy) is 6. The lowest BCUT2D eigenvalue weighted by Crippen LogP contribution is -2.69. The van der Waals surface area contributed by atoms with Gasteiger partial charge in [0.2, 0.25) is 11.6 Å². The first kappa shape index (κ1) is 30.1. The van der Waals surface area contributed by atoms with Crippen LogP contribution in [0.2, 0.25) is 0 Å². The van der Waals surface area contributed by atoms with Crippen LogP contribution in [-0.4, -0.2) is 66.9 Å². The molecule has 8 saturated heterocycles. The maximum absolute atomic E-state index is 13.1. The van der Waals surface area contributed by atoms with Crippen molar-refractivity contribution in [2.75, 3.05) is 13.2 Å². The van der Waals surface area contributed by atoms with Crippen molar-refractivity contribution >= 4 is 5.78 Å². The first-order valence-corrected chi connectivity index (χ1v) is 16.5. The zero-order chi connectivity index (χ0) is 30.6. The Balaban J connectivity index is 0.921. The molecule has 0 radical (unpaired) electrons. The van der Waals surface area contributed by atoms with Gasteiger partial charge in [0.05, 0.1) is 0 Å². The van der Waals surface area contributed by atoms with Gasteiger partial charge >= 0.3 is 0 Å². The standard InChI is InChI=1S/C33H46O11/c1-17-7-9-24-19(3)26(37-28-32(24)22(17)11-13-30(5,39-28)41-43-32)35-15-21(34)16-36-27-20(4)25-10-8-18(2)23-12-14-31(6)40-29(38-27)33(23,25)44-42-31/h17-18,22-29H,3-4,7-16H2,1-2,5-6H3/t17-,18-,22+,23+,24+,25+,26+,27+,28-,29-,30+,31+,32-,33-/m1/s1. The van der Waals surface area contributed by atoms with Crippen LogP contribution in [0.1, 0.15) is 79.1 Å². The number of hydrogen-bond donors (Lipinski definition) is 0. The second-order valence-corrected chi connectivity index (χ2v) is 15.0. The zero-order valence-corrected chi connectivity index (χ0v) is 26.2. The molecule has 8 aliphatic heterocycles. The maximum Gasteiger partial charge on any atom is 0.201 e. The molecule has 14 atom stereocenters. The van der Waals surface area contributed by atoms with Crippen molar-refractivity contribution in [3.63, 3.8) is 0 Å². The molecule has 2 aliphatic carbocycles. The van der Waals surface area contributed by atoms with E-state index in [1.165, 1.54) is 0 Å². The Morgan fingerprint density at radius 2 is 1.14 bits per heavy atom. The smallest absolute Gasteiger partial charge is 0.201 e. The fourth-order valence-corrected chi connectivity index (χ4v) is 9.79. The van der Waals surface area contributed by atoms with Crippen molar-refractivity contribution in [1.29, 1.82) is 0 Å². The molecular formula is C33H46O11. The van der Waals surface area contributed by atoms with Crippen LogP contribution in [0, 0.1) is 35.5 Å². The van der Waals surface area contributed by atoms with Crippen LogP contribution in [0.15, 0.2) is 24.3 Å². The van der Waals surface area contributed by atoms with E-state index in [1.54, 1.807) is 0 Å². The highest BCUT2D eigenvalue weighted by molar-refractivity contribution is 5.80. The van der Waals surface area contributed by atoms with E-state index in [0.29, 0.717) is 24.7 Å². The molecular weight excluding hydrogens is 572 g/mol. The van der Waals surface area contributed by atoms with Crippen LogP contribution in [-0.2, 0) is 52.8 Å². The van der Waals surface area contributed by atoms with Gasteiger partial charge in [-0.05, 0) is 87.2 Å². The molecule has 4 bridgehead atoms. The average Bonchev–Trinajstić information content (AvgIpc) is 3.37. The van der Waals surface area contributed by atoms with E-state index in [2.05, 4.69) is 27.0 Å². The van der Waals surface area contributed by atoms with E-state index < -0.39 is 47.9 Å². The average molecular weight is 619 g/mol. The van der Waals surface area contributed by atoms with Gasteiger partial charge in [0.1, 0.15) is 13.2 Å². The number of rotatable bonds is 6. The van der Waals surface area contributed by atoms with Gasteiger partial charge in [-0.15, -0.1) is 0 Å². The van der Waals surface area contributed by atoms with E-state index in [-0.39, 0.29) is 42.7 Å². The fraction of sp³-hybridized carbons (Fsp3) is 0.848. The molecule has 10 fully saturated rings. The van der Waals surface area contributed by atoms with Gasteiger partial charge in [-0.25, -0.2) is 19.6 Å². The molecule has 11 nitrogen and oxygen atoms in total. The summed E-state index contributed by atoms with van der Waals surface area (Å²) >= 11 is 0. The fourth-order valence-electron chi connectivity index (χ4n) is 9.79. The summed E-state index contributed by atoms with van der Waals surface area (Å²) in [4.78, 5) is 37.1. The van der Waals surface area contributed by atoms with Gasteiger partial charge in [0.25, 0.3) is 0 Å². The first-order chi connectivity index (χ1) is 21.0. The molecule has 0 aromatic heterocycles. The first-order valence-electron chi connectivity index (χ1n) is 16.5. The SMILES string of the molecule is C=C1[C@@H](OCC(=O)CO[C@H]2O[C@@H]3O[C@]4(C)CC[C@H]5[C@H](C)CC[C@@H](C2=C)[C@@]35OO4)O[C@@H]2O[C@]3(C)CC[C@H]4[C@H](C)CC[C@@H]1[C@@]24OO3. The number of ketones is 1. The van der Waals surface area contributed by atoms with Crippen molar-refractivity contribution in [2.45, 2.75) is 127 Å². The van der Waals surface area contributed by atoms with E-state index in [4.69, 9.17) is 48.0 Å². The molecule has 0 aromatic rings. The molecule has 10 aliphatic rings. The lowest BCUT2D eigenvalue weighted by molar-refractivity contribution is -0.567. The monoisotopic (exact) mass is 618 g/mol. The van der Waals surface area contributed by atoms with Crippen LogP contribution in [0.4, 0.5) is 0 Å². The maximum atomic E-state index is 13.1. The Labute approximate surface area is 258 Å². The van der Waals surface area contributed by atoms with Gasteiger partial charge in [0.15, 0.2) is 42.1 Å². The Bertz CT molecular complexity index is 1130. The van der Waals surface area contributed by atoms with Crippen molar-refractivity contribution in [3.05, 3.63) is 24.3 Å². The summed E-state index contributed by atoms with van der Waals surface area (Å²) in [7, 11) is 0. The van der Waals surface area contributed by atoms with E-state index >= 15 is 0 Å². The van der Waals surface area contributed by atoms with Crippen LogP contribution in [0.3, 0.4) is 0 Å². The second kappa shape index (κ2) is 10.4. The highest BCUT2D eigenvalue weighted by Crippen LogP contribution is 2.62. The summed E-state index contributed by atoms with van der Waals surface area (Å²) in [5.41, 5.74) is -0.0446. The highest BCUT2D eigenvalue weighted by atomic mass is 17.3. The lowest BCUT2D eigenvalue weighted by Gasteiger charge is -2.58. The van der Waals surface area contributed by atoms with Crippen LogP contribution < -0.4 is 0 Å². The van der Waals surface area contributed by atoms with Crippen LogP contribution >= 0.6 is 0 Å². The quantitative estimate of drug-likeness (QED) is 0.301. The third-order valence-corrected chi connectivity index (χ3v) is 12.2. The third kappa shape index (κ3) is 4.27. The Morgan fingerprint density at radius 3 is 1.57 bits per heavy atom. The Hall–Kier alpha value is -1.25. The summed E-state index contributed by atoms with van der Waals surface area (Å²) in [6.07, 6.45) is 4.08. The predicted octanol–water partition coefficient (Wildman–Crippen LogP) is 4.84. The zero-order valence-electron chi connectivity index (χ0n) is 26.2. The molecule has 0 N–H and O–H groups in total. The van der Waals surface area contributed by atoms with Crippen molar-refractivity contribution in [2.24, 2.45) is 35.5 Å². The van der Waals surface area contributed by atoms with Crippen molar-refractivity contribution < 1.29 is 52.8 Å². The summed E-state index contributed by atoms with van der Waals surface area (Å²) in [6, 6.07) is 0. The number of Topliss-reactive ketones (excluding diaryl/α,β-unsaturated/α-hetero) is 1. The summed E-state index contributed by atoms with van der Waals surface area (Å²) < 4.78 is 37.5. The molecule has 8 heterocycles. The molecule has 2 saturated carbocycles. The second-order valence-electron chi connectivity index (χ2n) is 15.0. The summed E-state index contributed by atoms with van der Waals surface area (Å²) in [5, 5.41) is 0. The van der Waals surface area contributed by atoms with Crippen molar-refractivity contribution in [3.8, 4) is 0 Å². The largest absolute Gasteiger partial charge is 0.341 e. The van der Waals surface area contributed by atoms with E-state index in [1.807, 2.05) is 13.8 Å². The summed E-state index contributed by atoms with van der Waals surface area (Å²) in [5.74, 6) is -0.896. The van der Waals surface area contributed by atoms with Gasteiger partial charge in [-0.1, -0.05) is 27.0 Å². The highest BCUT2D eigenvalue weighted by Gasteiger charge is 2.70. The molecule has 0 unspecified atom stereocenters. The number of carbonyl (C=O) groups is 1. The van der Waals surface area contributed by atoms with Gasteiger partial charge < -0.3 is 28.4 Å². The minimum Gasteiger partial charge on any atom is -0.341 e. The van der Waals surface area contributed by atoms with Crippen LogP contribution in [0.25, 0.3) is 0 Å². The lowest BCUT2D eigenvalue weighted by atomic mass is 9.59. The molecule has 0 amide bonds. The van der Waals surface area contributed by atoms with Crippen molar-refractivity contribution in [1.82, 2.24) is 0 Å². The Morgan fingerprint density at radius 1 is 0.705 bits per heavy atom. The summed E-state index contributed by atoms with van der Waals surface area (Å²) in [6.45, 7) is 16.5. The van der Waals surface area contributed by atoms with Gasteiger partial charge in [-0.2, -0.15) is 0 Å². The Kier molecular flexibility index (Phi) is 7.10. The van der Waals surface area contributed by atoms with E-state index in [9.17, 15) is 4.79 Å². The van der Waals surface area contributed by atoms with Crippen LogP contribution in [0.5, 0.6) is 0 Å². The van der Waals surface area contributed by atoms with Gasteiger partial charge in [0, 0.05) is 24.7 Å². The minimum atomic E-state index is -0.892. The normalized spacial score (nSPS) is 54.3.